The molecule has 29 heavy (non-hydrogen) atoms. The Hall–Kier alpha value is -2.17. The molecule has 0 amide bonds. The minimum atomic E-state index is 0. The van der Waals surface area contributed by atoms with E-state index in [0.717, 1.165) is 49.5 Å². The van der Waals surface area contributed by atoms with Crippen molar-refractivity contribution in [2.75, 3.05) is 64.2 Å². The minimum absolute atomic E-state index is 0. The second-order valence-electron chi connectivity index (χ2n) is 7.08. The van der Waals surface area contributed by atoms with Gasteiger partial charge in [0.25, 0.3) is 0 Å². The summed E-state index contributed by atoms with van der Waals surface area (Å²) in [7, 11) is 9.58. The predicted molar refractivity (Wildman–Crippen MR) is 130 cm³/mol. The number of piperazine rings is 1. The Kier molecular flexibility index (Phi) is 8.42. The summed E-state index contributed by atoms with van der Waals surface area (Å²) >= 11 is 0. The normalized spacial score (nSPS) is 14.4. The van der Waals surface area contributed by atoms with Crippen LogP contribution in [-0.2, 0) is 13.6 Å². The molecule has 2 aromatic rings. The van der Waals surface area contributed by atoms with Crippen LogP contribution >= 0.6 is 24.0 Å². The molecular formula is C20H32IN7O. The third-order valence-electron chi connectivity index (χ3n) is 5.10. The van der Waals surface area contributed by atoms with Gasteiger partial charge in [-0.05, 0) is 12.1 Å². The molecule has 1 fully saturated rings. The summed E-state index contributed by atoms with van der Waals surface area (Å²) in [6, 6.07) is 8.24. The molecule has 1 saturated heterocycles. The van der Waals surface area contributed by atoms with Crippen LogP contribution in [0.25, 0.3) is 0 Å². The van der Waals surface area contributed by atoms with Gasteiger partial charge < -0.3 is 29.3 Å². The number of methoxy groups -OCH3 is 1. The quantitative estimate of drug-likeness (QED) is 0.375. The molecule has 160 valence electrons. The third kappa shape index (κ3) is 5.46. The third-order valence-corrected chi connectivity index (χ3v) is 5.10. The van der Waals surface area contributed by atoms with Crippen LogP contribution in [0.1, 0.15) is 5.69 Å². The first kappa shape index (κ1) is 23.1. The highest BCUT2D eigenvalue weighted by atomic mass is 127. The molecule has 1 aliphatic rings. The van der Waals surface area contributed by atoms with Gasteiger partial charge in [-0.3, -0.25) is 4.99 Å². The lowest BCUT2D eigenvalue weighted by Crippen LogP contribution is -2.52. The van der Waals surface area contributed by atoms with Crippen molar-refractivity contribution >= 4 is 41.6 Å². The number of guanidine groups is 1. The van der Waals surface area contributed by atoms with Crippen molar-refractivity contribution in [3.05, 3.63) is 36.2 Å². The standard InChI is InChI=1S/C20H31N7O.HI/c1-21-19(22-14-17-15-23-20(24(2)3)25(17)4)27-11-9-26(10-12-27)16-7-6-8-18(13-16)28-5;/h6-8,13,15H,9-12,14H2,1-5H3,(H,21,22);1H. The van der Waals surface area contributed by atoms with Gasteiger partial charge in [-0.2, -0.15) is 0 Å². The van der Waals surface area contributed by atoms with Gasteiger partial charge in [-0.15, -0.1) is 24.0 Å². The summed E-state index contributed by atoms with van der Waals surface area (Å²) in [6.07, 6.45) is 1.91. The molecule has 0 aliphatic carbocycles. The highest BCUT2D eigenvalue weighted by molar-refractivity contribution is 14.0. The van der Waals surface area contributed by atoms with Crippen LogP contribution < -0.4 is 19.9 Å². The molecule has 1 N–H and O–H groups in total. The van der Waals surface area contributed by atoms with E-state index in [1.807, 2.05) is 51.4 Å². The Morgan fingerprint density at radius 1 is 1.24 bits per heavy atom. The Labute approximate surface area is 190 Å². The second kappa shape index (κ2) is 10.6. The van der Waals surface area contributed by atoms with Crippen molar-refractivity contribution in [3.8, 4) is 5.75 Å². The molecule has 0 bridgehead atoms. The lowest BCUT2D eigenvalue weighted by Gasteiger charge is -2.37. The number of benzene rings is 1. The van der Waals surface area contributed by atoms with Gasteiger partial charge in [-0.25, -0.2) is 4.98 Å². The summed E-state index contributed by atoms with van der Waals surface area (Å²) in [5.41, 5.74) is 2.33. The van der Waals surface area contributed by atoms with E-state index in [0.29, 0.717) is 6.54 Å². The van der Waals surface area contributed by atoms with Crippen LogP contribution in [0, 0.1) is 0 Å². The minimum Gasteiger partial charge on any atom is -0.497 e. The maximum Gasteiger partial charge on any atom is 0.204 e. The summed E-state index contributed by atoms with van der Waals surface area (Å²) in [5.74, 6) is 2.77. The van der Waals surface area contributed by atoms with Gasteiger partial charge >= 0.3 is 0 Å². The number of anilines is 2. The predicted octanol–water partition coefficient (Wildman–Crippen LogP) is 2.01. The number of halogens is 1. The molecule has 8 nitrogen and oxygen atoms in total. The average molecular weight is 513 g/mol. The topological polar surface area (TPSA) is 61.2 Å². The fraction of sp³-hybridized carbons (Fsp3) is 0.500. The molecule has 0 atom stereocenters. The summed E-state index contributed by atoms with van der Waals surface area (Å²) in [5, 5.41) is 3.48. The Bertz CT molecular complexity index is 813. The van der Waals surface area contributed by atoms with Crippen molar-refractivity contribution in [2.24, 2.45) is 12.0 Å². The Morgan fingerprint density at radius 2 is 1.97 bits per heavy atom. The number of nitrogens with zero attached hydrogens (tertiary/aromatic N) is 6. The van der Waals surface area contributed by atoms with Crippen LogP contribution in [0.15, 0.2) is 35.5 Å². The fourth-order valence-electron chi connectivity index (χ4n) is 3.50. The van der Waals surface area contributed by atoms with Crippen molar-refractivity contribution in [2.45, 2.75) is 6.54 Å². The van der Waals surface area contributed by atoms with Crippen LogP contribution in [0.2, 0.25) is 0 Å². The van der Waals surface area contributed by atoms with E-state index in [-0.39, 0.29) is 24.0 Å². The largest absolute Gasteiger partial charge is 0.497 e. The smallest absolute Gasteiger partial charge is 0.204 e. The molecule has 1 aliphatic heterocycles. The Balaban J connectivity index is 0.00000300. The second-order valence-corrected chi connectivity index (χ2v) is 7.08. The van der Waals surface area contributed by atoms with Gasteiger partial charge in [0.05, 0.1) is 25.5 Å². The summed E-state index contributed by atoms with van der Waals surface area (Å²) < 4.78 is 7.44. The highest BCUT2D eigenvalue weighted by Crippen LogP contribution is 2.22. The molecular weight excluding hydrogens is 481 g/mol. The maximum atomic E-state index is 5.35. The molecule has 9 heteroatoms. The number of imidazole rings is 1. The first-order chi connectivity index (χ1) is 13.5. The molecule has 0 unspecified atom stereocenters. The zero-order valence-electron chi connectivity index (χ0n) is 17.9. The Morgan fingerprint density at radius 3 is 2.55 bits per heavy atom. The number of ether oxygens (including phenoxy) is 1. The van der Waals surface area contributed by atoms with Crippen LogP contribution in [0.5, 0.6) is 5.75 Å². The van der Waals surface area contributed by atoms with Gasteiger partial charge in [0.15, 0.2) is 5.96 Å². The monoisotopic (exact) mass is 513 g/mol. The molecule has 0 saturated carbocycles. The molecule has 2 heterocycles. The average Bonchev–Trinajstić information content (AvgIpc) is 3.09. The lowest BCUT2D eigenvalue weighted by atomic mass is 10.2. The van der Waals surface area contributed by atoms with Crippen molar-refractivity contribution < 1.29 is 4.74 Å². The van der Waals surface area contributed by atoms with E-state index in [4.69, 9.17) is 4.74 Å². The number of rotatable bonds is 5. The van der Waals surface area contributed by atoms with Crippen molar-refractivity contribution in [1.29, 1.82) is 0 Å². The fourth-order valence-corrected chi connectivity index (χ4v) is 3.50. The van der Waals surface area contributed by atoms with E-state index in [9.17, 15) is 0 Å². The molecule has 0 radical (unpaired) electrons. The number of aromatic nitrogens is 2. The van der Waals surface area contributed by atoms with E-state index in [2.05, 4.69) is 41.8 Å². The molecule has 1 aromatic heterocycles. The van der Waals surface area contributed by atoms with E-state index < -0.39 is 0 Å². The SMILES string of the molecule is CN=C(NCc1cnc(N(C)C)n1C)N1CCN(c2cccc(OC)c2)CC1.I. The van der Waals surface area contributed by atoms with Gasteiger partial charge in [0.2, 0.25) is 5.95 Å². The molecule has 1 aromatic carbocycles. The van der Waals surface area contributed by atoms with Crippen molar-refractivity contribution in [1.82, 2.24) is 19.8 Å². The maximum absolute atomic E-state index is 5.35. The first-order valence-corrected chi connectivity index (χ1v) is 9.56. The van der Waals surface area contributed by atoms with E-state index >= 15 is 0 Å². The van der Waals surface area contributed by atoms with Gasteiger partial charge in [0.1, 0.15) is 5.75 Å². The zero-order valence-corrected chi connectivity index (χ0v) is 20.3. The summed E-state index contributed by atoms with van der Waals surface area (Å²) in [4.78, 5) is 15.6. The molecule has 3 rings (SSSR count). The van der Waals surface area contributed by atoms with Crippen molar-refractivity contribution in [3.63, 3.8) is 0 Å². The van der Waals surface area contributed by atoms with Gasteiger partial charge in [-0.1, -0.05) is 6.07 Å². The first-order valence-electron chi connectivity index (χ1n) is 9.56. The van der Waals surface area contributed by atoms with E-state index in [1.165, 1.54) is 5.69 Å². The summed E-state index contributed by atoms with van der Waals surface area (Å²) in [6.45, 7) is 4.44. The molecule has 0 spiro atoms. The van der Waals surface area contributed by atoms with E-state index in [1.54, 1.807) is 7.11 Å². The number of aliphatic imine (C=N–C) groups is 1. The number of hydrogen-bond donors (Lipinski definition) is 1. The van der Waals surface area contributed by atoms with Crippen LogP contribution in [0.4, 0.5) is 11.6 Å². The highest BCUT2D eigenvalue weighted by Gasteiger charge is 2.20. The van der Waals surface area contributed by atoms with Crippen LogP contribution in [-0.4, -0.2) is 74.8 Å². The number of nitrogens with one attached hydrogen (secondary N) is 1. The number of hydrogen-bond acceptors (Lipinski definition) is 5. The van der Waals surface area contributed by atoms with Gasteiger partial charge in [0, 0.05) is 66.1 Å². The zero-order chi connectivity index (χ0) is 20.1. The lowest BCUT2D eigenvalue weighted by molar-refractivity contribution is 0.371. The van der Waals surface area contributed by atoms with Crippen LogP contribution in [0.3, 0.4) is 0 Å².